The number of carbonyl (C=O) groups excluding carboxylic acids is 1. The molecule has 1 saturated heterocycles. The Labute approximate surface area is 137 Å². The normalized spacial score (nSPS) is 15.2. The van der Waals surface area contributed by atoms with E-state index in [-0.39, 0.29) is 12.3 Å². The van der Waals surface area contributed by atoms with Crippen LogP contribution in [0.3, 0.4) is 0 Å². The highest BCUT2D eigenvalue weighted by molar-refractivity contribution is 5.78. The SMILES string of the molecule is Cc1cc(CC(=O)N2CCN(c3ccc4nncn4n3)CC2)on1. The molecule has 0 unspecified atom stereocenters. The van der Waals surface area contributed by atoms with Crippen LogP contribution in [0.25, 0.3) is 5.65 Å². The van der Waals surface area contributed by atoms with Gasteiger partial charge in [-0.15, -0.1) is 15.3 Å². The van der Waals surface area contributed by atoms with Crippen LogP contribution in [0.2, 0.25) is 0 Å². The topological polar surface area (TPSA) is 92.7 Å². The summed E-state index contributed by atoms with van der Waals surface area (Å²) >= 11 is 0. The van der Waals surface area contributed by atoms with E-state index in [0.29, 0.717) is 18.8 Å². The lowest BCUT2D eigenvalue weighted by molar-refractivity contribution is -0.131. The lowest BCUT2D eigenvalue weighted by atomic mass is 10.2. The third-order valence-corrected chi connectivity index (χ3v) is 4.11. The zero-order valence-electron chi connectivity index (χ0n) is 13.3. The molecule has 1 amide bonds. The molecular weight excluding hydrogens is 310 g/mol. The van der Waals surface area contributed by atoms with Crippen molar-refractivity contribution in [3.8, 4) is 0 Å². The van der Waals surface area contributed by atoms with Crippen LogP contribution in [0.15, 0.2) is 29.0 Å². The third-order valence-electron chi connectivity index (χ3n) is 4.11. The Morgan fingerprint density at radius 1 is 1.25 bits per heavy atom. The molecule has 0 saturated carbocycles. The zero-order valence-corrected chi connectivity index (χ0v) is 13.3. The molecule has 0 radical (unpaired) electrons. The fraction of sp³-hybridized carbons (Fsp3) is 0.400. The molecule has 3 aromatic heterocycles. The third kappa shape index (κ3) is 2.80. The molecule has 1 fully saturated rings. The first-order valence-electron chi connectivity index (χ1n) is 7.81. The Kier molecular flexibility index (Phi) is 3.60. The summed E-state index contributed by atoms with van der Waals surface area (Å²) in [6.45, 7) is 4.64. The van der Waals surface area contributed by atoms with Crippen LogP contribution in [0, 0.1) is 6.92 Å². The van der Waals surface area contributed by atoms with Gasteiger partial charge >= 0.3 is 0 Å². The summed E-state index contributed by atoms with van der Waals surface area (Å²) in [5.41, 5.74) is 1.51. The molecule has 0 N–H and O–H groups in total. The highest BCUT2D eigenvalue weighted by Crippen LogP contribution is 2.15. The Morgan fingerprint density at radius 2 is 2.08 bits per heavy atom. The van der Waals surface area contributed by atoms with E-state index in [4.69, 9.17) is 4.52 Å². The van der Waals surface area contributed by atoms with Gasteiger partial charge in [0.05, 0.1) is 12.1 Å². The van der Waals surface area contributed by atoms with Crippen molar-refractivity contribution < 1.29 is 9.32 Å². The van der Waals surface area contributed by atoms with E-state index in [2.05, 4.69) is 25.4 Å². The standard InChI is InChI=1S/C15H17N7O2/c1-11-8-12(24-19-11)9-15(23)21-6-4-20(5-7-21)14-3-2-13-17-16-10-22(13)18-14/h2-3,8,10H,4-7,9H2,1H3. The average Bonchev–Trinajstić information content (AvgIpc) is 3.23. The molecule has 0 aliphatic carbocycles. The summed E-state index contributed by atoms with van der Waals surface area (Å²) in [6, 6.07) is 5.62. The first kappa shape index (κ1) is 14.6. The Balaban J connectivity index is 1.38. The number of hydrogen-bond donors (Lipinski definition) is 0. The second-order valence-electron chi connectivity index (χ2n) is 5.80. The van der Waals surface area contributed by atoms with Gasteiger partial charge in [0.1, 0.15) is 17.9 Å². The van der Waals surface area contributed by atoms with Gasteiger partial charge in [-0.25, -0.2) is 0 Å². The maximum atomic E-state index is 12.3. The molecule has 0 aromatic carbocycles. The van der Waals surface area contributed by atoms with Crippen LogP contribution in [0.1, 0.15) is 11.5 Å². The van der Waals surface area contributed by atoms with Gasteiger partial charge in [-0.2, -0.15) is 4.52 Å². The van der Waals surface area contributed by atoms with E-state index < -0.39 is 0 Å². The molecule has 3 aromatic rings. The average molecular weight is 327 g/mol. The minimum atomic E-state index is 0.0630. The van der Waals surface area contributed by atoms with Gasteiger partial charge in [0, 0.05) is 32.2 Å². The summed E-state index contributed by atoms with van der Waals surface area (Å²) in [4.78, 5) is 16.4. The minimum Gasteiger partial charge on any atom is -0.361 e. The second kappa shape index (κ2) is 5.91. The zero-order chi connectivity index (χ0) is 16.5. The molecule has 9 nitrogen and oxygen atoms in total. The van der Waals surface area contributed by atoms with Crippen LogP contribution in [0.5, 0.6) is 0 Å². The Hall–Kier alpha value is -2.97. The highest BCUT2D eigenvalue weighted by atomic mass is 16.5. The van der Waals surface area contributed by atoms with Crippen LogP contribution < -0.4 is 4.90 Å². The van der Waals surface area contributed by atoms with Gasteiger partial charge in [0.15, 0.2) is 5.65 Å². The lowest BCUT2D eigenvalue weighted by Crippen LogP contribution is -2.49. The van der Waals surface area contributed by atoms with Gasteiger partial charge < -0.3 is 14.3 Å². The minimum absolute atomic E-state index is 0.0630. The van der Waals surface area contributed by atoms with E-state index in [0.717, 1.165) is 30.2 Å². The summed E-state index contributed by atoms with van der Waals surface area (Å²) in [5, 5.41) is 16.1. The predicted octanol–water partition coefficient (Wildman–Crippen LogP) is 0.312. The lowest BCUT2D eigenvalue weighted by Gasteiger charge is -2.35. The van der Waals surface area contributed by atoms with E-state index >= 15 is 0 Å². The Bertz CT molecular complexity index is 863. The number of carbonyl (C=O) groups is 1. The van der Waals surface area contributed by atoms with Crippen LogP contribution in [0.4, 0.5) is 5.82 Å². The van der Waals surface area contributed by atoms with Crippen molar-refractivity contribution in [3.63, 3.8) is 0 Å². The van der Waals surface area contributed by atoms with Crippen molar-refractivity contribution in [2.24, 2.45) is 0 Å². The largest absolute Gasteiger partial charge is 0.361 e. The molecule has 0 bridgehead atoms. The predicted molar refractivity (Wildman–Crippen MR) is 84.5 cm³/mol. The fourth-order valence-corrected chi connectivity index (χ4v) is 2.83. The van der Waals surface area contributed by atoms with Gasteiger partial charge in [0.25, 0.3) is 0 Å². The number of aryl methyl sites for hydroxylation is 1. The van der Waals surface area contributed by atoms with Crippen LogP contribution >= 0.6 is 0 Å². The molecule has 4 heterocycles. The van der Waals surface area contributed by atoms with E-state index in [1.54, 1.807) is 16.9 Å². The van der Waals surface area contributed by atoms with Crippen molar-refractivity contribution in [2.75, 3.05) is 31.1 Å². The number of amides is 1. The van der Waals surface area contributed by atoms with Gasteiger partial charge in [0.2, 0.25) is 5.91 Å². The number of fused-ring (bicyclic) bond motifs is 1. The van der Waals surface area contributed by atoms with Crippen molar-refractivity contribution in [3.05, 3.63) is 36.0 Å². The monoisotopic (exact) mass is 327 g/mol. The summed E-state index contributed by atoms with van der Waals surface area (Å²) in [6.07, 6.45) is 1.84. The molecule has 124 valence electrons. The molecule has 1 aliphatic rings. The number of hydrogen-bond acceptors (Lipinski definition) is 7. The van der Waals surface area contributed by atoms with E-state index in [1.165, 1.54) is 0 Å². The first-order valence-corrected chi connectivity index (χ1v) is 7.81. The van der Waals surface area contributed by atoms with Crippen LogP contribution in [-0.4, -0.2) is 62.0 Å². The first-order chi connectivity index (χ1) is 11.7. The van der Waals surface area contributed by atoms with Gasteiger partial charge in [-0.3, -0.25) is 4.79 Å². The van der Waals surface area contributed by atoms with Gasteiger partial charge in [-0.05, 0) is 19.1 Å². The Morgan fingerprint density at radius 3 is 2.83 bits per heavy atom. The van der Waals surface area contributed by atoms with E-state index in [1.807, 2.05) is 24.0 Å². The summed E-state index contributed by atoms with van der Waals surface area (Å²) < 4.78 is 6.77. The second-order valence-corrected chi connectivity index (χ2v) is 5.80. The summed E-state index contributed by atoms with van der Waals surface area (Å²) in [5.74, 6) is 1.54. The van der Waals surface area contributed by atoms with E-state index in [9.17, 15) is 4.79 Å². The molecule has 1 aliphatic heterocycles. The maximum absolute atomic E-state index is 12.3. The smallest absolute Gasteiger partial charge is 0.230 e. The summed E-state index contributed by atoms with van der Waals surface area (Å²) in [7, 11) is 0. The maximum Gasteiger partial charge on any atom is 0.230 e. The highest BCUT2D eigenvalue weighted by Gasteiger charge is 2.23. The fourth-order valence-electron chi connectivity index (χ4n) is 2.83. The molecular formula is C15H17N7O2. The number of rotatable bonds is 3. The molecule has 0 atom stereocenters. The van der Waals surface area contributed by atoms with Crippen molar-refractivity contribution in [1.29, 1.82) is 0 Å². The molecule has 24 heavy (non-hydrogen) atoms. The van der Waals surface area contributed by atoms with Crippen molar-refractivity contribution >= 4 is 17.4 Å². The molecule has 4 rings (SSSR count). The number of anilines is 1. The van der Waals surface area contributed by atoms with Gasteiger partial charge in [-0.1, -0.05) is 5.16 Å². The van der Waals surface area contributed by atoms with Crippen molar-refractivity contribution in [2.45, 2.75) is 13.3 Å². The van der Waals surface area contributed by atoms with Crippen molar-refractivity contribution in [1.82, 2.24) is 29.9 Å². The number of aromatic nitrogens is 5. The number of nitrogens with zero attached hydrogens (tertiary/aromatic N) is 7. The molecule has 0 spiro atoms. The quantitative estimate of drug-likeness (QED) is 0.683. The molecule has 9 heteroatoms. The van der Waals surface area contributed by atoms with Crippen LogP contribution in [-0.2, 0) is 11.2 Å². The number of piperazine rings is 1.